The maximum absolute atomic E-state index is 11.4. The Morgan fingerprint density at radius 2 is 2.39 bits per heavy atom. The van der Waals surface area contributed by atoms with E-state index in [1.165, 1.54) is 0 Å². The van der Waals surface area contributed by atoms with E-state index >= 15 is 0 Å². The normalized spacial score (nSPS) is 18.6. The van der Waals surface area contributed by atoms with Crippen LogP contribution in [0.15, 0.2) is 12.4 Å². The first-order valence-corrected chi connectivity index (χ1v) is 6.56. The molecule has 5 nitrogen and oxygen atoms in total. The molecule has 1 unspecified atom stereocenters. The van der Waals surface area contributed by atoms with Crippen LogP contribution in [0.2, 0.25) is 0 Å². The molecule has 1 saturated carbocycles. The predicted octanol–water partition coefficient (Wildman–Crippen LogP) is 1.43. The van der Waals surface area contributed by atoms with Gasteiger partial charge in [0.25, 0.3) is 0 Å². The number of hydrogen-bond donors (Lipinski definition) is 2. The standard InChI is InChI=1S/C13H21N3O2/c1-3-11-14-7-9-16(11)8-6-13(2,12(17)18)15-10-4-5-10/h7,9-10,15H,3-6,8H2,1-2H3,(H,17,18). The third-order valence-corrected chi connectivity index (χ3v) is 3.54. The third kappa shape index (κ3) is 2.90. The molecule has 0 amide bonds. The molecule has 100 valence electrons. The Morgan fingerprint density at radius 1 is 1.67 bits per heavy atom. The number of hydrogen-bond acceptors (Lipinski definition) is 3. The highest BCUT2D eigenvalue weighted by atomic mass is 16.4. The Morgan fingerprint density at radius 3 is 2.94 bits per heavy atom. The van der Waals surface area contributed by atoms with Gasteiger partial charge in [-0.3, -0.25) is 10.1 Å². The van der Waals surface area contributed by atoms with Crippen LogP contribution in [0.25, 0.3) is 0 Å². The molecule has 2 N–H and O–H groups in total. The largest absolute Gasteiger partial charge is 0.480 e. The zero-order valence-corrected chi connectivity index (χ0v) is 11.0. The van der Waals surface area contributed by atoms with E-state index in [1.54, 1.807) is 13.1 Å². The number of nitrogens with zero attached hydrogens (tertiary/aromatic N) is 2. The van der Waals surface area contributed by atoms with Crippen molar-refractivity contribution < 1.29 is 9.90 Å². The van der Waals surface area contributed by atoms with Gasteiger partial charge < -0.3 is 9.67 Å². The van der Waals surface area contributed by atoms with Gasteiger partial charge in [-0.1, -0.05) is 6.92 Å². The molecule has 1 aromatic heterocycles. The lowest BCUT2D eigenvalue weighted by Gasteiger charge is -2.26. The van der Waals surface area contributed by atoms with Crippen molar-refractivity contribution in [1.29, 1.82) is 0 Å². The van der Waals surface area contributed by atoms with Crippen LogP contribution in [0.3, 0.4) is 0 Å². The van der Waals surface area contributed by atoms with E-state index in [-0.39, 0.29) is 0 Å². The third-order valence-electron chi connectivity index (χ3n) is 3.54. The average Bonchev–Trinajstić information content (AvgIpc) is 3.02. The van der Waals surface area contributed by atoms with Crippen molar-refractivity contribution in [3.05, 3.63) is 18.2 Å². The van der Waals surface area contributed by atoms with Gasteiger partial charge in [-0.25, -0.2) is 4.98 Å². The van der Waals surface area contributed by atoms with E-state index in [9.17, 15) is 9.90 Å². The van der Waals surface area contributed by atoms with Gasteiger partial charge in [-0.2, -0.15) is 0 Å². The summed E-state index contributed by atoms with van der Waals surface area (Å²) in [7, 11) is 0. The van der Waals surface area contributed by atoms with Gasteiger partial charge in [0.05, 0.1) is 0 Å². The fourth-order valence-electron chi connectivity index (χ4n) is 2.12. The van der Waals surface area contributed by atoms with E-state index < -0.39 is 11.5 Å². The molecule has 0 spiro atoms. The van der Waals surface area contributed by atoms with Crippen molar-refractivity contribution >= 4 is 5.97 Å². The average molecular weight is 251 g/mol. The van der Waals surface area contributed by atoms with Gasteiger partial charge in [0.15, 0.2) is 0 Å². The van der Waals surface area contributed by atoms with Crippen molar-refractivity contribution in [3.8, 4) is 0 Å². The van der Waals surface area contributed by atoms with Crippen molar-refractivity contribution in [2.45, 2.75) is 57.7 Å². The van der Waals surface area contributed by atoms with E-state index in [0.29, 0.717) is 19.0 Å². The van der Waals surface area contributed by atoms with Gasteiger partial charge >= 0.3 is 5.97 Å². The second-order valence-electron chi connectivity index (χ2n) is 5.20. The maximum atomic E-state index is 11.4. The molecule has 0 saturated heterocycles. The number of aromatic nitrogens is 2. The Kier molecular flexibility index (Phi) is 3.71. The van der Waals surface area contributed by atoms with Crippen LogP contribution in [-0.4, -0.2) is 32.2 Å². The molecule has 0 radical (unpaired) electrons. The zero-order valence-electron chi connectivity index (χ0n) is 11.0. The van der Waals surface area contributed by atoms with Crippen LogP contribution < -0.4 is 5.32 Å². The molecule has 1 fully saturated rings. The minimum atomic E-state index is -0.837. The minimum Gasteiger partial charge on any atom is -0.480 e. The van der Waals surface area contributed by atoms with Gasteiger partial charge in [0.1, 0.15) is 11.4 Å². The van der Waals surface area contributed by atoms with E-state index in [1.807, 2.05) is 10.8 Å². The van der Waals surface area contributed by atoms with E-state index in [4.69, 9.17) is 0 Å². The van der Waals surface area contributed by atoms with Crippen LogP contribution in [0.1, 0.15) is 38.9 Å². The van der Waals surface area contributed by atoms with Crippen molar-refractivity contribution in [3.63, 3.8) is 0 Å². The summed E-state index contributed by atoms with van der Waals surface area (Å²) in [5.74, 6) is 0.238. The fourth-order valence-corrected chi connectivity index (χ4v) is 2.12. The highest BCUT2D eigenvalue weighted by molar-refractivity contribution is 5.78. The molecule has 0 bridgehead atoms. The Labute approximate surface area is 107 Å². The van der Waals surface area contributed by atoms with Crippen LogP contribution in [0.4, 0.5) is 0 Å². The number of imidazole rings is 1. The summed E-state index contributed by atoms with van der Waals surface area (Å²) in [6.07, 6.45) is 7.31. The number of carbonyl (C=O) groups is 1. The molecular formula is C13H21N3O2. The topological polar surface area (TPSA) is 67.2 Å². The van der Waals surface area contributed by atoms with Crippen molar-refractivity contribution in [2.24, 2.45) is 0 Å². The van der Waals surface area contributed by atoms with Crippen LogP contribution in [0, 0.1) is 0 Å². The molecule has 1 heterocycles. The summed E-state index contributed by atoms with van der Waals surface area (Å²) >= 11 is 0. The number of aliphatic carboxylic acids is 1. The molecule has 0 aromatic carbocycles. The second kappa shape index (κ2) is 5.10. The maximum Gasteiger partial charge on any atom is 0.323 e. The second-order valence-corrected chi connectivity index (χ2v) is 5.20. The summed E-state index contributed by atoms with van der Waals surface area (Å²) in [5.41, 5.74) is -0.837. The number of rotatable bonds is 7. The molecule has 1 atom stereocenters. The van der Waals surface area contributed by atoms with Gasteiger partial charge in [-0.05, 0) is 26.2 Å². The highest BCUT2D eigenvalue weighted by Gasteiger charge is 2.38. The van der Waals surface area contributed by atoms with Crippen LogP contribution in [0.5, 0.6) is 0 Å². The molecular weight excluding hydrogens is 230 g/mol. The Hall–Kier alpha value is -1.36. The van der Waals surface area contributed by atoms with E-state index in [0.717, 1.165) is 25.1 Å². The summed E-state index contributed by atoms with van der Waals surface area (Å²) < 4.78 is 2.04. The molecule has 1 aliphatic rings. The monoisotopic (exact) mass is 251 g/mol. The summed E-state index contributed by atoms with van der Waals surface area (Å²) in [6, 6.07) is 0.388. The molecule has 2 rings (SSSR count). The fraction of sp³-hybridized carbons (Fsp3) is 0.692. The zero-order chi connectivity index (χ0) is 13.2. The molecule has 0 aliphatic heterocycles. The predicted molar refractivity (Wildman–Crippen MR) is 68.4 cm³/mol. The summed E-state index contributed by atoms with van der Waals surface area (Å²) in [5, 5.41) is 12.6. The molecule has 18 heavy (non-hydrogen) atoms. The SMILES string of the molecule is CCc1nccn1CCC(C)(NC1CC1)C(=O)O. The molecule has 1 aliphatic carbocycles. The van der Waals surface area contributed by atoms with Crippen LogP contribution in [-0.2, 0) is 17.8 Å². The Bertz CT molecular complexity index is 426. The van der Waals surface area contributed by atoms with Crippen molar-refractivity contribution in [2.75, 3.05) is 0 Å². The number of aryl methyl sites for hydroxylation is 2. The smallest absolute Gasteiger partial charge is 0.323 e. The molecule has 5 heteroatoms. The lowest BCUT2D eigenvalue weighted by molar-refractivity contribution is -0.144. The Balaban J connectivity index is 1.98. The minimum absolute atomic E-state index is 0.388. The number of carboxylic acids is 1. The highest BCUT2D eigenvalue weighted by Crippen LogP contribution is 2.24. The number of nitrogens with one attached hydrogen (secondary N) is 1. The summed E-state index contributed by atoms with van der Waals surface area (Å²) in [6.45, 7) is 4.51. The quantitative estimate of drug-likeness (QED) is 0.769. The van der Waals surface area contributed by atoms with E-state index in [2.05, 4.69) is 17.2 Å². The number of carboxylic acid groups (broad SMARTS) is 1. The first kappa shape index (κ1) is 13.1. The lowest BCUT2D eigenvalue weighted by Crippen LogP contribution is -2.51. The van der Waals surface area contributed by atoms with Gasteiger partial charge in [0.2, 0.25) is 0 Å². The van der Waals surface area contributed by atoms with Crippen LogP contribution >= 0.6 is 0 Å². The van der Waals surface area contributed by atoms with Gasteiger partial charge in [0, 0.05) is 31.4 Å². The first-order chi connectivity index (χ1) is 8.55. The molecule has 1 aromatic rings. The van der Waals surface area contributed by atoms with Gasteiger partial charge in [-0.15, -0.1) is 0 Å². The van der Waals surface area contributed by atoms with Crippen molar-refractivity contribution in [1.82, 2.24) is 14.9 Å². The lowest BCUT2D eigenvalue weighted by atomic mass is 9.97. The summed E-state index contributed by atoms with van der Waals surface area (Å²) in [4.78, 5) is 15.7. The first-order valence-electron chi connectivity index (χ1n) is 6.56.